The number of pyridine rings is 1. The van der Waals surface area contributed by atoms with E-state index in [0.717, 1.165) is 6.54 Å². The Bertz CT molecular complexity index is 406. The lowest BCUT2D eigenvalue weighted by molar-refractivity contribution is 0.0673. The van der Waals surface area contributed by atoms with Crippen molar-refractivity contribution in [1.29, 1.82) is 0 Å². The van der Waals surface area contributed by atoms with Gasteiger partial charge in [-0.05, 0) is 40.1 Å². The molecule has 1 amide bonds. The molecule has 0 radical (unpaired) electrons. The van der Waals surface area contributed by atoms with Crippen molar-refractivity contribution in [3.05, 3.63) is 24.0 Å². The molecular weight excluding hydrogens is 228 g/mol. The summed E-state index contributed by atoms with van der Waals surface area (Å²) < 4.78 is 0. The predicted octanol–water partition coefficient (Wildman–Crippen LogP) is 1.08. The highest BCUT2D eigenvalue weighted by Crippen LogP contribution is 2.09. The number of nitrogen functional groups attached to an aromatic ring is 1. The third kappa shape index (κ3) is 3.70. The number of aromatic nitrogens is 1. The molecule has 0 aliphatic heterocycles. The van der Waals surface area contributed by atoms with E-state index in [4.69, 9.17) is 5.73 Å². The summed E-state index contributed by atoms with van der Waals surface area (Å²) in [6.07, 6.45) is 1.56. The van der Waals surface area contributed by atoms with Gasteiger partial charge in [-0.1, -0.05) is 0 Å². The molecule has 0 saturated heterocycles. The van der Waals surface area contributed by atoms with Gasteiger partial charge in [-0.15, -0.1) is 0 Å². The van der Waals surface area contributed by atoms with Crippen molar-refractivity contribution in [3.8, 4) is 0 Å². The number of carbonyl (C=O) groups excluding carboxylic acids is 1. The number of anilines is 1. The van der Waals surface area contributed by atoms with E-state index in [1.54, 1.807) is 18.3 Å². The Morgan fingerprint density at radius 3 is 2.67 bits per heavy atom. The summed E-state index contributed by atoms with van der Waals surface area (Å²) >= 11 is 0. The number of likely N-dealkylation sites (N-methyl/N-ethyl adjacent to an activating group) is 2. The summed E-state index contributed by atoms with van der Waals surface area (Å²) in [7, 11) is 3.99. The van der Waals surface area contributed by atoms with Crippen LogP contribution in [0.1, 0.15) is 24.3 Å². The van der Waals surface area contributed by atoms with E-state index in [0.29, 0.717) is 17.9 Å². The molecule has 2 N–H and O–H groups in total. The second kappa shape index (κ2) is 6.35. The molecule has 18 heavy (non-hydrogen) atoms. The molecule has 5 nitrogen and oxygen atoms in total. The predicted molar refractivity (Wildman–Crippen MR) is 73.4 cm³/mol. The second-order valence-electron chi connectivity index (χ2n) is 4.68. The van der Waals surface area contributed by atoms with Gasteiger partial charge in [0.25, 0.3) is 5.91 Å². The van der Waals surface area contributed by atoms with Gasteiger partial charge in [0, 0.05) is 31.0 Å². The molecule has 0 fully saturated rings. The van der Waals surface area contributed by atoms with E-state index >= 15 is 0 Å². The normalized spacial score (nSPS) is 12.5. The van der Waals surface area contributed by atoms with Gasteiger partial charge in [0.15, 0.2) is 0 Å². The first-order valence-corrected chi connectivity index (χ1v) is 6.13. The molecule has 1 atom stereocenters. The lowest BCUT2D eigenvalue weighted by Gasteiger charge is -2.29. The highest BCUT2D eigenvalue weighted by atomic mass is 16.2. The Labute approximate surface area is 109 Å². The number of nitrogens with zero attached hydrogens (tertiary/aromatic N) is 3. The van der Waals surface area contributed by atoms with E-state index in [9.17, 15) is 4.79 Å². The van der Waals surface area contributed by atoms with Crippen molar-refractivity contribution in [2.24, 2.45) is 0 Å². The van der Waals surface area contributed by atoms with Crippen molar-refractivity contribution in [2.45, 2.75) is 19.9 Å². The molecule has 1 aromatic rings. The van der Waals surface area contributed by atoms with E-state index < -0.39 is 0 Å². The monoisotopic (exact) mass is 250 g/mol. The molecule has 0 bridgehead atoms. The van der Waals surface area contributed by atoms with Gasteiger partial charge in [0.05, 0.1) is 0 Å². The molecule has 0 aliphatic rings. The van der Waals surface area contributed by atoms with Crippen LogP contribution in [0, 0.1) is 0 Å². The van der Waals surface area contributed by atoms with Crippen molar-refractivity contribution >= 4 is 11.6 Å². The SMILES string of the molecule is CCN(C(=O)c1cc(N)ccn1)C(C)CN(C)C. The zero-order valence-corrected chi connectivity index (χ0v) is 11.6. The van der Waals surface area contributed by atoms with Gasteiger partial charge < -0.3 is 15.5 Å². The number of amides is 1. The summed E-state index contributed by atoms with van der Waals surface area (Å²) in [5, 5.41) is 0. The minimum Gasteiger partial charge on any atom is -0.399 e. The van der Waals surface area contributed by atoms with Crippen LogP contribution in [-0.4, -0.2) is 53.9 Å². The molecule has 100 valence electrons. The van der Waals surface area contributed by atoms with E-state index in [2.05, 4.69) is 9.88 Å². The average Bonchev–Trinajstić information content (AvgIpc) is 2.28. The van der Waals surface area contributed by atoms with Crippen LogP contribution in [0.3, 0.4) is 0 Å². The largest absolute Gasteiger partial charge is 0.399 e. The first-order valence-electron chi connectivity index (χ1n) is 6.13. The molecule has 1 rings (SSSR count). The van der Waals surface area contributed by atoms with Crippen LogP contribution < -0.4 is 5.73 Å². The zero-order chi connectivity index (χ0) is 13.7. The first-order chi connectivity index (χ1) is 8.45. The fourth-order valence-electron chi connectivity index (χ4n) is 1.99. The van der Waals surface area contributed by atoms with Crippen LogP contribution >= 0.6 is 0 Å². The molecule has 1 heterocycles. The quantitative estimate of drug-likeness (QED) is 0.849. The fourth-order valence-corrected chi connectivity index (χ4v) is 1.99. The van der Waals surface area contributed by atoms with Crippen molar-refractivity contribution in [3.63, 3.8) is 0 Å². The zero-order valence-electron chi connectivity index (χ0n) is 11.6. The summed E-state index contributed by atoms with van der Waals surface area (Å²) in [6.45, 7) is 5.48. The minimum absolute atomic E-state index is 0.0702. The Balaban J connectivity index is 2.85. The van der Waals surface area contributed by atoms with Gasteiger partial charge >= 0.3 is 0 Å². The summed E-state index contributed by atoms with van der Waals surface area (Å²) in [5.74, 6) is -0.0702. The van der Waals surface area contributed by atoms with Crippen LogP contribution in [-0.2, 0) is 0 Å². The van der Waals surface area contributed by atoms with Crippen LogP contribution in [0.15, 0.2) is 18.3 Å². The van der Waals surface area contributed by atoms with Gasteiger partial charge in [0.1, 0.15) is 5.69 Å². The number of nitrogens with two attached hydrogens (primary N) is 1. The molecule has 0 aliphatic carbocycles. The van der Waals surface area contributed by atoms with Crippen molar-refractivity contribution in [1.82, 2.24) is 14.8 Å². The third-order valence-corrected chi connectivity index (χ3v) is 2.77. The van der Waals surface area contributed by atoms with Crippen LogP contribution in [0.5, 0.6) is 0 Å². The maximum Gasteiger partial charge on any atom is 0.272 e. The Kier molecular flexibility index (Phi) is 5.09. The molecule has 0 aromatic carbocycles. The van der Waals surface area contributed by atoms with E-state index in [1.165, 1.54) is 0 Å². The van der Waals surface area contributed by atoms with E-state index in [-0.39, 0.29) is 11.9 Å². The van der Waals surface area contributed by atoms with Crippen LogP contribution in [0.25, 0.3) is 0 Å². The number of hydrogen-bond acceptors (Lipinski definition) is 4. The molecule has 1 aromatic heterocycles. The highest BCUT2D eigenvalue weighted by molar-refractivity contribution is 5.93. The number of hydrogen-bond donors (Lipinski definition) is 1. The van der Waals surface area contributed by atoms with Gasteiger partial charge in [-0.3, -0.25) is 9.78 Å². The van der Waals surface area contributed by atoms with Gasteiger partial charge in [0.2, 0.25) is 0 Å². The van der Waals surface area contributed by atoms with Crippen molar-refractivity contribution < 1.29 is 4.79 Å². The van der Waals surface area contributed by atoms with Crippen molar-refractivity contribution in [2.75, 3.05) is 32.9 Å². The molecule has 1 unspecified atom stereocenters. The maximum atomic E-state index is 12.3. The fraction of sp³-hybridized carbons (Fsp3) is 0.538. The highest BCUT2D eigenvalue weighted by Gasteiger charge is 2.21. The Hall–Kier alpha value is -1.62. The van der Waals surface area contributed by atoms with Crippen LogP contribution in [0.4, 0.5) is 5.69 Å². The molecular formula is C13H22N4O. The molecule has 5 heteroatoms. The second-order valence-corrected chi connectivity index (χ2v) is 4.68. The summed E-state index contributed by atoms with van der Waals surface area (Å²) in [4.78, 5) is 20.3. The molecule has 0 saturated carbocycles. The van der Waals surface area contributed by atoms with E-state index in [1.807, 2.05) is 32.8 Å². The maximum absolute atomic E-state index is 12.3. The Morgan fingerprint density at radius 2 is 2.17 bits per heavy atom. The number of carbonyl (C=O) groups is 1. The van der Waals surface area contributed by atoms with Gasteiger partial charge in [-0.25, -0.2) is 0 Å². The number of rotatable bonds is 5. The molecule has 0 spiro atoms. The summed E-state index contributed by atoms with van der Waals surface area (Å²) in [6, 6.07) is 3.43. The van der Waals surface area contributed by atoms with Crippen LogP contribution in [0.2, 0.25) is 0 Å². The summed E-state index contributed by atoms with van der Waals surface area (Å²) in [5.41, 5.74) is 6.64. The third-order valence-electron chi connectivity index (χ3n) is 2.77. The lowest BCUT2D eigenvalue weighted by Crippen LogP contribution is -2.44. The smallest absolute Gasteiger partial charge is 0.272 e. The minimum atomic E-state index is -0.0702. The standard InChI is InChI=1S/C13H22N4O/c1-5-17(10(2)9-16(3)4)13(18)12-8-11(14)6-7-15-12/h6-8,10H,5,9H2,1-4H3,(H2,14,15). The first kappa shape index (κ1) is 14.4. The average molecular weight is 250 g/mol. The lowest BCUT2D eigenvalue weighted by atomic mass is 10.2. The Morgan fingerprint density at radius 1 is 1.50 bits per heavy atom. The topological polar surface area (TPSA) is 62.5 Å². The van der Waals surface area contributed by atoms with Gasteiger partial charge in [-0.2, -0.15) is 0 Å².